The lowest BCUT2D eigenvalue weighted by atomic mass is 10.1. The van der Waals surface area contributed by atoms with Gasteiger partial charge in [-0.2, -0.15) is 0 Å². The maximum atomic E-state index is 13.1. The minimum Gasteiger partial charge on any atom is -0.354 e. The summed E-state index contributed by atoms with van der Waals surface area (Å²) in [5.41, 5.74) is 2.78. The van der Waals surface area contributed by atoms with Crippen molar-refractivity contribution in [2.24, 2.45) is 5.92 Å². The van der Waals surface area contributed by atoms with Crippen molar-refractivity contribution in [3.8, 4) is 0 Å². The fraction of sp³-hybridized carbons (Fsp3) is 0.391. The molecule has 1 aromatic heterocycles. The Kier molecular flexibility index (Phi) is 7.20. The van der Waals surface area contributed by atoms with Crippen LogP contribution in [0.2, 0.25) is 10.0 Å². The van der Waals surface area contributed by atoms with Crippen LogP contribution in [0.4, 0.5) is 0 Å². The second kappa shape index (κ2) is 9.64. The van der Waals surface area contributed by atoms with E-state index < -0.39 is 0 Å². The summed E-state index contributed by atoms with van der Waals surface area (Å²) in [5.74, 6) is 1.26. The fourth-order valence-electron chi connectivity index (χ4n) is 3.48. The number of benzene rings is 2. The molecule has 1 heterocycles. The first kappa shape index (κ1) is 21.7. The Labute approximate surface area is 182 Å². The van der Waals surface area contributed by atoms with E-state index in [0.29, 0.717) is 28.9 Å². The van der Waals surface area contributed by atoms with Gasteiger partial charge in [-0.05, 0) is 42.2 Å². The number of rotatable bonds is 8. The van der Waals surface area contributed by atoms with Gasteiger partial charge < -0.3 is 9.88 Å². The third-order valence-corrected chi connectivity index (χ3v) is 5.48. The monoisotopic (exact) mass is 431 g/mol. The van der Waals surface area contributed by atoms with Crippen LogP contribution in [0, 0.1) is 5.92 Å². The summed E-state index contributed by atoms with van der Waals surface area (Å²) in [6, 6.07) is 13.1. The SMILES string of the molecule is CCC[C@H](C(=O)NCC(C)C)n1c(Cc2ccc(Cl)cc2Cl)nc2ccccc21. The Morgan fingerprint density at radius 1 is 1.17 bits per heavy atom. The molecular formula is C23H27Cl2N3O. The standard InChI is InChI=1S/C23H27Cl2N3O/c1-4-7-21(23(29)26-14-15(2)3)28-20-9-6-5-8-19(20)27-22(28)12-16-10-11-17(24)13-18(16)25/h5-6,8-11,13,15,21H,4,7,12,14H2,1-3H3,(H,26,29)/t21-/m1/s1. The molecular weight excluding hydrogens is 405 g/mol. The molecule has 0 fully saturated rings. The molecule has 1 atom stereocenters. The Bertz CT molecular complexity index is 997. The number of amides is 1. The van der Waals surface area contributed by atoms with Gasteiger partial charge in [0.05, 0.1) is 11.0 Å². The third-order valence-electron chi connectivity index (χ3n) is 4.89. The van der Waals surface area contributed by atoms with Crippen molar-refractivity contribution in [1.82, 2.24) is 14.9 Å². The first-order chi connectivity index (χ1) is 13.9. The first-order valence-electron chi connectivity index (χ1n) is 10.1. The fourth-order valence-corrected chi connectivity index (χ4v) is 3.95. The second-order valence-electron chi connectivity index (χ2n) is 7.74. The van der Waals surface area contributed by atoms with Gasteiger partial charge in [0.15, 0.2) is 0 Å². The number of para-hydroxylation sites is 2. The predicted octanol–water partition coefficient (Wildman–Crippen LogP) is 6.05. The first-order valence-corrected chi connectivity index (χ1v) is 10.8. The van der Waals surface area contributed by atoms with Gasteiger partial charge in [-0.3, -0.25) is 4.79 Å². The van der Waals surface area contributed by atoms with Crippen molar-refractivity contribution in [2.75, 3.05) is 6.54 Å². The Hall–Kier alpha value is -2.04. The van der Waals surface area contributed by atoms with Gasteiger partial charge in [-0.25, -0.2) is 4.98 Å². The van der Waals surface area contributed by atoms with Crippen molar-refractivity contribution < 1.29 is 4.79 Å². The van der Waals surface area contributed by atoms with E-state index in [0.717, 1.165) is 35.3 Å². The average molecular weight is 432 g/mol. The molecule has 3 aromatic rings. The van der Waals surface area contributed by atoms with E-state index in [1.54, 1.807) is 6.07 Å². The van der Waals surface area contributed by atoms with Gasteiger partial charge >= 0.3 is 0 Å². The number of imidazole rings is 1. The van der Waals surface area contributed by atoms with Gasteiger partial charge in [0, 0.05) is 23.0 Å². The normalized spacial score (nSPS) is 12.5. The summed E-state index contributed by atoms with van der Waals surface area (Å²) < 4.78 is 2.08. The Morgan fingerprint density at radius 2 is 1.93 bits per heavy atom. The quantitative estimate of drug-likeness (QED) is 0.471. The maximum absolute atomic E-state index is 13.1. The highest BCUT2D eigenvalue weighted by molar-refractivity contribution is 6.35. The number of fused-ring (bicyclic) bond motifs is 1. The highest BCUT2D eigenvalue weighted by Gasteiger charge is 2.25. The van der Waals surface area contributed by atoms with Crippen LogP contribution in [0.15, 0.2) is 42.5 Å². The van der Waals surface area contributed by atoms with E-state index in [9.17, 15) is 4.79 Å². The van der Waals surface area contributed by atoms with Crippen LogP contribution in [-0.2, 0) is 11.2 Å². The third kappa shape index (κ3) is 5.12. The molecule has 2 aromatic carbocycles. The summed E-state index contributed by atoms with van der Waals surface area (Å²) >= 11 is 12.5. The van der Waals surface area contributed by atoms with E-state index in [2.05, 4.69) is 30.7 Å². The molecule has 0 unspecified atom stereocenters. The molecule has 29 heavy (non-hydrogen) atoms. The molecule has 0 bridgehead atoms. The predicted molar refractivity (Wildman–Crippen MR) is 121 cm³/mol. The number of halogens is 2. The lowest BCUT2D eigenvalue weighted by molar-refractivity contribution is -0.124. The van der Waals surface area contributed by atoms with Gasteiger partial charge in [0.2, 0.25) is 5.91 Å². The number of nitrogens with zero attached hydrogens (tertiary/aromatic N) is 2. The van der Waals surface area contributed by atoms with Gasteiger partial charge in [-0.15, -0.1) is 0 Å². The summed E-state index contributed by atoms with van der Waals surface area (Å²) in [4.78, 5) is 17.9. The molecule has 6 heteroatoms. The Morgan fingerprint density at radius 3 is 2.62 bits per heavy atom. The summed E-state index contributed by atoms with van der Waals surface area (Å²) in [6.45, 7) is 6.94. The molecule has 0 saturated carbocycles. The topological polar surface area (TPSA) is 46.9 Å². The van der Waals surface area contributed by atoms with Crippen LogP contribution in [0.25, 0.3) is 11.0 Å². The molecule has 3 rings (SSSR count). The summed E-state index contributed by atoms with van der Waals surface area (Å²) in [5, 5.41) is 4.30. The number of carbonyl (C=O) groups is 1. The maximum Gasteiger partial charge on any atom is 0.243 e. The molecule has 1 amide bonds. The van der Waals surface area contributed by atoms with E-state index in [1.807, 2.05) is 36.4 Å². The molecule has 1 N–H and O–H groups in total. The zero-order valence-corrected chi connectivity index (χ0v) is 18.6. The smallest absolute Gasteiger partial charge is 0.243 e. The van der Waals surface area contributed by atoms with Crippen molar-refractivity contribution in [3.05, 3.63) is 63.9 Å². The van der Waals surface area contributed by atoms with E-state index in [-0.39, 0.29) is 11.9 Å². The Balaban J connectivity index is 2.05. The van der Waals surface area contributed by atoms with Crippen LogP contribution >= 0.6 is 23.2 Å². The van der Waals surface area contributed by atoms with Crippen molar-refractivity contribution in [1.29, 1.82) is 0 Å². The zero-order chi connectivity index (χ0) is 21.0. The average Bonchev–Trinajstić information content (AvgIpc) is 3.04. The largest absolute Gasteiger partial charge is 0.354 e. The van der Waals surface area contributed by atoms with Gasteiger partial charge in [-0.1, -0.05) is 68.6 Å². The van der Waals surface area contributed by atoms with Crippen LogP contribution in [-0.4, -0.2) is 22.0 Å². The van der Waals surface area contributed by atoms with Crippen LogP contribution < -0.4 is 5.32 Å². The van der Waals surface area contributed by atoms with Crippen LogP contribution in [0.3, 0.4) is 0 Å². The molecule has 0 radical (unpaired) electrons. The lowest BCUT2D eigenvalue weighted by Crippen LogP contribution is -2.35. The van der Waals surface area contributed by atoms with E-state index in [4.69, 9.17) is 28.2 Å². The zero-order valence-electron chi connectivity index (χ0n) is 17.1. The van der Waals surface area contributed by atoms with Crippen molar-refractivity contribution in [3.63, 3.8) is 0 Å². The number of carbonyl (C=O) groups excluding carboxylic acids is 1. The molecule has 0 aliphatic carbocycles. The summed E-state index contributed by atoms with van der Waals surface area (Å²) in [6.07, 6.45) is 2.17. The minimum absolute atomic E-state index is 0.0344. The van der Waals surface area contributed by atoms with Crippen LogP contribution in [0.5, 0.6) is 0 Å². The van der Waals surface area contributed by atoms with E-state index >= 15 is 0 Å². The molecule has 0 aliphatic heterocycles. The highest BCUT2D eigenvalue weighted by atomic mass is 35.5. The van der Waals surface area contributed by atoms with Crippen molar-refractivity contribution in [2.45, 2.75) is 46.1 Å². The van der Waals surface area contributed by atoms with E-state index in [1.165, 1.54) is 0 Å². The minimum atomic E-state index is -0.313. The second-order valence-corrected chi connectivity index (χ2v) is 8.59. The van der Waals surface area contributed by atoms with Crippen LogP contribution in [0.1, 0.15) is 51.0 Å². The summed E-state index contributed by atoms with van der Waals surface area (Å²) in [7, 11) is 0. The number of hydrogen-bond acceptors (Lipinski definition) is 2. The molecule has 0 saturated heterocycles. The number of aromatic nitrogens is 2. The molecule has 0 spiro atoms. The van der Waals surface area contributed by atoms with Gasteiger partial charge in [0.25, 0.3) is 0 Å². The molecule has 0 aliphatic rings. The molecule has 154 valence electrons. The lowest BCUT2D eigenvalue weighted by Gasteiger charge is -2.22. The number of nitrogens with one attached hydrogen (secondary N) is 1. The highest BCUT2D eigenvalue weighted by Crippen LogP contribution is 2.29. The van der Waals surface area contributed by atoms with Gasteiger partial charge in [0.1, 0.15) is 11.9 Å². The number of hydrogen-bond donors (Lipinski definition) is 1. The molecule has 4 nitrogen and oxygen atoms in total. The van der Waals surface area contributed by atoms with Crippen molar-refractivity contribution >= 4 is 40.1 Å².